The Hall–Kier alpha value is 0.160. The summed E-state index contributed by atoms with van der Waals surface area (Å²) in [5.74, 6) is 1.04. The second-order valence-corrected chi connectivity index (χ2v) is 8.19. The van der Waals surface area contributed by atoms with Crippen LogP contribution in [0.4, 0.5) is 0 Å². The van der Waals surface area contributed by atoms with Crippen molar-refractivity contribution in [1.29, 1.82) is 0 Å². The van der Waals surface area contributed by atoms with E-state index in [1.807, 2.05) is 0 Å². The summed E-state index contributed by atoms with van der Waals surface area (Å²) in [5.41, 5.74) is 0.0229. The van der Waals surface area contributed by atoms with E-state index >= 15 is 0 Å². The van der Waals surface area contributed by atoms with Crippen molar-refractivity contribution in [2.45, 2.75) is 38.6 Å². The number of nitrogens with zero attached hydrogens (tertiary/aromatic N) is 1. The Morgan fingerprint density at radius 2 is 2.11 bits per heavy atom. The first-order chi connectivity index (χ1) is 8.24. The van der Waals surface area contributed by atoms with E-state index in [1.165, 1.54) is 6.26 Å². The van der Waals surface area contributed by atoms with Crippen LogP contribution >= 0.6 is 11.6 Å². The van der Waals surface area contributed by atoms with E-state index in [2.05, 4.69) is 19.2 Å². The maximum atomic E-state index is 11.5. The lowest BCUT2D eigenvalue weighted by Gasteiger charge is -2.34. The number of rotatable bonds is 6. The minimum absolute atomic E-state index is 0.0229. The van der Waals surface area contributed by atoms with Crippen LogP contribution in [0.15, 0.2) is 0 Å². The summed E-state index contributed by atoms with van der Waals surface area (Å²) in [4.78, 5) is 0. The van der Waals surface area contributed by atoms with E-state index < -0.39 is 10.0 Å². The molecule has 1 rings (SSSR count). The minimum atomic E-state index is -3.04. The predicted molar refractivity (Wildman–Crippen MR) is 76.6 cm³/mol. The third-order valence-corrected chi connectivity index (χ3v) is 5.00. The summed E-state index contributed by atoms with van der Waals surface area (Å²) in [6, 6.07) is 0. The molecule has 4 nitrogen and oxygen atoms in total. The van der Waals surface area contributed by atoms with Crippen LogP contribution in [0.3, 0.4) is 0 Å². The van der Waals surface area contributed by atoms with Gasteiger partial charge in [0, 0.05) is 24.5 Å². The van der Waals surface area contributed by atoms with Gasteiger partial charge in [-0.3, -0.25) is 0 Å². The first kappa shape index (κ1) is 16.2. The van der Waals surface area contributed by atoms with Crippen molar-refractivity contribution >= 4 is 21.6 Å². The van der Waals surface area contributed by atoms with Gasteiger partial charge in [0.25, 0.3) is 0 Å². The van der Waals surface area contributed by atoms with E-state index in [-0.39, 0.29) is 5.54 Å². The molecule has 1 aliphatic heterocycles. The van der Waals surface area contributed by atoms with Gasteiger partial charge in [0.1, 0.15) is 0 Å². The summed E-state index contributed by atoms with van der Waals surface area (Å²) in [7, 11) is -3.04. The fourth-order valence-corrected chi connectivity index (χ4v) is 3.65. The van der Waals surface area contributed by atoms with Crippen LogP contribution in [0.2, 0.25) is 0 Å². The van der Waals surface area contributed by atoms with Crippen molar-refractivity contribution in [3.8, 4) is 0 Å². The Morgan fingerprint density at radius 1 is 1.44 bits per heavy atom. The average Bonchev–Trinajstić information content (AvgIpc) is 2.26. The van der Waals surface area contributed by atoms with Crippen molar-refractivity contribution in [2.75, 3.05) is 31.8 Å². The van der Waals surface area contributed by atoms with Crippen LogP contribution in [0.5, 0.6) is 0 Å². The van der Waals surface area contributed by atoms with E-state index in [9.17, 15) is 8.42 Å². The largest absolute Gasteiger partial charge is 0.311 e. The molecule has 0 aliphatic carbocycles. The van der Waals surface area contributed by atoms with Crippen molar-refractivity contribution in [2.24, 2.45) is 5.92 Å². The highest BCUT2D eigenvalue weighted by atomic mass is 35.5. The molecule has 1 saturated heterocycles. The zero-order valence-electron chi connectivity index (χ0n) is 11.6. The number of hydrogen-bond donors (Lipinski definition) is 1. The Kier molecular flexibility index (Phi) is 5.90. The number of sulfonamides is 1. The van der Waals surface area contributed by atoms with Crippen LogP contribution in [-0.4, -0.2) is 50.0 Å². The summed E-state index contributed by atoms with van der Waals surface area (Å²) in [6.07, 6.45) is 4.25. The second-order valence-electron chi connectivity index (χ2n) is 5.83. The highest BCUT2D eigenvalue weighted by Gasteiger charge is 2.27. The Balaban J connectivity index is 2.44. The molecule has 0 aromatic carbocycles. The quantitative estimate of drug-likeness (QED) is 0.758. The molecular formula is C12H25ClN2O2S. The van der Waals surface area contributed by atoms with Gasteiger partial charge in [-0.15, -0.1) is 11.6 Å². The van der Waals surface area contributed by atoms with Crippen molar-refractivity contribution < 1.29 is 8.42 Å². The first-order valence-electron chi connectivity index (χ1n) is 6.51. The summed E-state index contributed by atoms with van der Waals surface area (Å²) < 4.78 is 24.6. The fourth-order valence-electron chi connectivity index (χ4n) is 2.24. The predicted octanol–water partition coefficient (Wildman–Crippen LogP) is 1.66. The van der Waals surface area contributed by atoms with Crippen LogP contribution in [-0.2, 0) is 10.0 Å². The lowest BCUT2D eigenvalue weighted by atomic mass is 9.96. The highest BCUT2D eigenvalue weighted by Crippen LogP contribution is 2.19. The summed E-state index contributed by atoms with van der Waals surface area (Å²) >= 11 is 5.76. The molecule has 0 aromatic heterocycles. The zero-order valence-corrected chi connectivity index (χ0v) is 13.1. The molecule has 1 heterocycles. The molecule has 1 fully saturated rings. The normalized spacial score (nSPS) is 23.2. The van der Waals surface area contributed by atoms with Crippen LogP contribution < -0.4 is 5.32 Å². The van der Waals surface area contributed by atoms with E-state index in [4.69, 9.17) is 11.6 Å². The van der Waals surface area contributed by atoms with Gasteiger partial charge < -0.3 is 5.32 Å². The molecule has 1 aliphatic rings. The molecule has 0 amide bonds. The maximum absolute atomic E-state index is 11.5. The molecule has 6 heteroatoms. The number of piperidine rings is 1. The molecule has 0 radical (unpaired) electrons. The highest BCUT2D eigenvalue weighted by molar-refractivity contribution is 7.88. The number of alkyl halides is 1. The van der Waals surface area contributed by atoms with E-state index in [0.29, 0.717) is 24.9 Å². The third-order valence-electron chi connectivity index (χ3n) is 3.54. The summed E-state index contributed by atoms with van der Waals surface area (Å²) in [6.45, 7) is 6.43. The monoisotopic (exact) mass is 296 g/mol. The van der Waals surface area contributed by atoms with Gasteiger partial charge in [-0.25, -0.2) is 12.7 Å². The molecule has 1 atom stereocenters. The van der Waals surface area contributed by atoms with E-state index in [0.717, 1.165) is 25.8 Å². The SMILES string of the molecule is CC(C)(CCCl)NCC1CCCN(S(C)(=O)=O)C1. The summed E-state index contributed by atoms with van der Waals surface area (Å²) in [5, 5.41) is 3.50. The number of halogens is 1. The molecular weight excluding hydrogens is 272 g/mol. The third kappa shape index (κ3) is 5.43. The van der Waals surface area contributed by atoms with Gasteiger partial charge in [0.2, 0.25) is 10.0 Å². The second kappa shape index (κ2) is 6.55. The van der Waals surface area contributed by atoms with Gasteiger partial charge in [-0.2, -0.15) is 0 Å². The van der Waals surface area contributed by atoms with Crippen molar-refractivity contribution in [3.63, 3.8) is 0 Å². The lowest BCUT2D eigenvalue weighted by Crippen LogP contribution is -2.47. The zero-order chi connectivity index (χ0) is 13.8. The molecule has 108 valence electrons. The van der Waals surface area contributed by atoms with Crippen LogP contribution in [0, 0.1) is 5.92 Å². The number of hydrogen-bond acceptors (Lipinski definition) is 3. The molecule has 18 heavy (non-hydrogen) atoms. The van der Waals surface area contributed by atoms with Crippen LogP contribution in [0.25, 0.3) is 0 Å². The Morgan fingerprint density at radius 3 is 2.67 bits per heavy atom. The molecule has 0 spiro atoms. The standard InChI is InChI=1S/C12H25ClN2O2S/c1-12(2,6-7-13)14-9-11-5-4-8-15(10-11)18(3,16)17/h11,14H,4-10H2,1-3H3. The molecule has 1 N–H and O–H groups in total. The number of nitrogens with one attached hydrogen (secondary N) is 1. The minimum Gasteiger partial charge on any atom is -0.311 e. The van der Waals surface area contributed by atoms with Gasteiger partial charge >= 0.3 is 0 Å². The Bertz CT molecular complexity index is 357. The topological polar surface area (TPSA) is 49.4 Å². The van der Waals surface area contributed by atoms with Crippen molar-refractivity contribution in [1.82, 2.24) is 9.62 Å². The maximum Gasteiger partial charge on any atom is 0.211 e. The van der Waals surface area contributed by atoms with Gasteiger partial charge in [-0.05, 0) is 45.6 Å². The lowest BCUT2D eigenvalue weighted by molar-refractivity contribution is 0.240. The van der Waals surface area contributed by atoms with Gasteiger partial charge in [0.15, 0.2) is 0 Å². The molecule has 0 bridgehead atoms. The van der Waals surface area contributed by atoms with Gasteiger partial charge in [0.05, 0.1) is 6.26 Å². The van der Waals surface area contributed by atoms with Crippen LogP contribution in [0.1, 0.15) is 33.1 Å². The fraction of sp³-hybridized carbons (Fsp3) is 1.00. The Labute approximate surface area is 116 Å². The first-order valence-corrected chi connectivity index (χ1v) is 8.89. The van der Waals surface area contributed by atoms with Gasteiger partial charge in [-0.1, -0.05) is 0 Å². The smallest absolute Gasteiger partial charge is 0.211 e. The molecule has 0 saturated carbocycles. The van der Waals surface area contributed by atoms with Crippen molar-refractivity contribution in [3.05, 3.63) is 0 Å². The van der Waals surface area contributed by atoms with E-state index in [1.54, 1.807) is 4.31 Å². The average molecular weight is 297 g/mol. The molecule has 0 aromatic rings. The molecule has 1 unspecified atom stereocenters.